The van der Waals surface area contributed by atoms with Gasteiger partial charge in [-0.3, -0.25) is 4.90 Å². The predicted molar refractivity (Wildman–Crippen MR) is 80.9 cm³/mol. The molecular weight excluding hydrogens is 278 g/mol. The summed E-state index contributed by atoms with van der Waals surface area (Å²) in [6.07, 6.45) is 0.897. The van der Waals surface area contributed by atoms with Gasteiger partial charge >= 0.3 is 0 Å². The van der Waals surface area contributed by atoms with Gasteiger partial charge in [-0.15, -0.1) is 0 Å². The van der Waals surface area contributed by atoms with Crippen molar-refractivity contribution in [1.82, 2.24) is 13.9 Å². The Morgan fingerprint density at radius 2 is 1.75 bits per heavy atom. The van der Waals surface area contributed by atoms with Crippen LogP contribution in [0.3, 0.4) is 0 Å². The van der Waals surface area contributed by atoms with Crippen LogP contribution in [0.15, 0.2) is 0 Å². The van der Waals surface area contributed by atoms with E-state index in [4.69, 9.17) is 4.74 Å². The molecule has 0 aromatic carbocycles. The zero-order valence-corrected chi connectivity index (χ0v) is 14.0. The fourth-order valence-electron chi connectivity index (χ4n) is 2.47. The number of hydrogen-bond acceptors (Lipinski definition) is 4. The third-order valence-corrected chi connectivity index (χ3v) is 5.92. The number of nitrogens with one attached hydrogen (secondary N) is 1. The van der Waals surface area contributed by atoms with Gasteiger partial charge < -0.3 is 4.74 Å². The fraction of sp³-hybridized carbons (Fsp3) is 1.00. The summed E-state index contributed by atoms with van der Waals surface area (Å²) in [6.45, 7) is 12.5. The second kappa shape index (κ2) is 7.70. The molecule has 20 heavy (non-hydrogen) atoms. The van der Waals surface area contributed by atoms with E-state index in [-0.39, 0.29) is 5.54 Å². The molecule has 1 aliphatic rings. The van der Waals surface area contributed by atoms with Crippen LogP contribution in [0.25, 0.3) is 0 Å². The van der Waals surface area contributed by atoms with Crippen molar-refractivity contribution in [3.8, 4) is 0 Å². The monoisotopic (exact) mass is 307 g/mol. The molecule has 0 saturated carbocycles. The molecule has 0 aromatic rings. The average molecular weight is 307 g/mol. The summed E-state index contributed by atoms with van der Waals surface area (Å²) >= 11 is 0. The lowest BCUT2D eigenvalue weighted by atomic mass is 9.96. The lowest BCUT2D eigenvalue weighted by Crippen LogP contribution is -2.58. The average Bonchev–Trinajstić information content (AvgIpc) is 2.47. The highest BCUT2D eigenvalue weighted by atomic mass is 32.2. The molecule has 1 saturated heterocycles. The van der Waals surface area contributed by atoms with Gasteiger partial charge in [-0.2, -0.15) is 12.7 Å². The summed E-state index contributed by atoms with van der Waals surface area (Å²) in [5.41, 5.74) is -0.163. The predicted octanol–water partition coefficient (Wildman–Crippen LogP) is 0.664. The molecule has 0 aliphatic carbocycles. The van der Waals surface area contributed by atoms with Crippen molar-refractivity contribution in [2.45, 2.75) is 39.7 Å². The van der Waals surface area contributed by atoms with Crippen LogP contribution in [-0.2, 0) is 14.9 Å². The third kappa shape index (κ3) is 4.39. The summed E-state index contributed by atoms with van der Waals surface area (Å²) in [5, 5.41) is 0. The van der Waals surface area contributed by atoms with Crippen molar-refractivity contribution in [3.05, 3.63) is 0 Å². The van der Waals surface area contributed by atoms with Gasteiger partial charge in [0.05, 0.1) is 13.2 Å². The summed E-state index contributed by atoms with van der Waals surface area (Å²) in [7, 11) is -3.38. The first-order chi connectivity index (χ1) is 9.39. The molecule has 0 aromatic heterocycles. The summed E-state index contributed by atoms with van der Waals surface area (Å²) in [6, 6.07) is 0. The number of rotatable bonds is 8. The smallest absolute Gasteiger partial charge is 0.279 e. The van der Waals surface area contributed by atoms with E-state index < -0.39 is 10.2 Å². The Bertz CT molecular complexity index is 378. The van der Waals surface area contributed by atoms with Crippen molar-refractivity contribution >= 4 is 10.2 Å². The second-order valence-corrected chi connectivity index (χ2v) is 7.12. The molecule has 0 unspecified atom stereocenters. The van der Waals surface area contributed by atoms with Crippen LogP contribution >= 0.6 is 0 Å². The van der Waals surface area contributed by atoms with Crippen molar-refractivity contribution < 1.29 is 13.2 Å². The lowest BCUT2D eigenvalue weighted by Gasteiger charge is -2.43. The van der Waals surface area contributed by atoms with E-state index in [9.17, 15) is 8.42 Å². The highest BCUT2D eigenvalue weighted by Gasteiger charge is 2.33. The maximum atomic E-state index is 12.2. The van der Waals surface area contributed by atoms with Crippen LogP contribution in [0.2, 0.25) is 0 Å². The van der Waals surface area contributed by atoms with Gasteiger partial charge in [-0.05, 0) is 13.3 Å². The molecule has 0 radical (unpaired) electrons. The van der Waals surface area contributed by atoms with Gasteiger partial charge in [0.25, 0.3) is 10.2 Å². The fourth-order valence-corrected chi connectivity index (χ4v) is 3.82. The first kappa shape index (κ1) is 17.8. The van der Waals surface area contributed by atoms with E-state index in [1.165, 1.54) is 4.31 Å². The minimum atomic E-state index is -3.38. The first-order valence-electron chi connectivity index (χ1n) is 7.47. The Balaban J connectivity index is 2.68. The van der Waals surface area contributed by atoms with Crippen molar-refractivity contribution in [3.63, 3.8) is 0 Å². The van der Waals surface area contributed by atoms with Gasteiger partial charge in [-0.25, -0.2) is 4.72 Å². The normalized spacial score (nSPS) is 21.1. The Labute approximate surface area is 123 Å². The first-order valence-corrected chi connectivity index (χ1v) is 8.91. The Kier molecular flexibility index (Phi) is 6.87. The molecule has 1 rings (SSSR count). The van der Waals surface area contributed by atoms with E-state index in [1.54, 1.807) is 0 Å². The molecule has 0 amide bonds. The molecule has 0 spiro atoms. The Hall–Kier alpha value is -0.210. The number of nitrogens with zero attached hydrogens (tertiary/aromatic N) is 2. The summed E-state index contributed by atoms with van der Waals surface area (Å²) < 4.78 is 34.0. The molecule has 1 aliphatic heterocycles. The quantitative estimate of drug-likeness (QED) is 0.716. The van der Waals surface area contributed by atoms with Gasteiger partial charge in [0.2, 0.25) is 0 Å². The molecule has 1 atom stereocenters. The van der Waals surface area contributed by atoms with E-state index in [1.807, 2.05) is 13.8 Å². The van der Waals surface area contributed by atoms with Crippen LogP contribution in [-0.4, -0.2) is 69.1 Å². The Morgan fingerprint density at radius 1 is 1.20 bits per heavy atom. The van der Waals surface area contributed by atoms with Crippen molar-refractivity contribution in [2.75, 3.05) is 45.9 Å². The number of morpholine rings is 1. The minimum Gasteiger partial charge on any atom is -0.379 e. The maximum absolute atomic E-state index is 12.2. The highest BCUT2D eigenvalue weighted by Crippen LogP contribution is 2.20. The van der Waals surface area contributed by atoms with Gasteiger partial charge in [-0.1, -0.05) is 20.8 Å². The summed E-state index contributed by atoms with van der Waals surface area (Å²) in [5.74, 6) is 0. The zero-order chi connectivity index (χ0) is 15.2. The van der Waals surface area contributed by atoms with Crippen LogP contribution in [0, 0.1) is 0 Å². The topological polar surface area (TPSA) is 61.9 Å². The van der Waals surface area contributed by atoms with Crippen LogP contribution in [0.5, 0.6) is 0 Å². The van der Waals surface area contributed by atoms with Crippen LogP contribution < -0.4 is 4.72 Å². The highest BCUT2D eigenvalue weighted by molar-refractivity contribution is 7.87. The van der Waals surface area contributed by atoms with E-state index in [0.717, 1.165) is 32.7 Å². The van der Waals surface area contributed by atoms with E-state index in [2.05, 4.69) is 23.5 Å². The van der Waals surface area contributed by atoms with E-state index >= 15 is 0 Å². The molecule has 0 bridgehead atoms. The molecular formula is C13H29N3O3S. The standard InChI is InChI=1S/C13H29N3O3S/c1-5-13(4,15-8-10-19-11-9-15)12-14-20(17,18)16(6-2)7-3/h14H,5-12H2,1-4H3/t13-/m1/s1. The second-order valence-electron chi connectivity index (χ2n) is 5.36. The molecule has 7 heteroatoms. The van der Waals surface area contributed by atoms with Gasteiger partial charge in [0.1, 0.15) is 0 Å². The summed E-state index contributed by atoms with van der Waals surface area (Å²) in [4.78, 5) is 2.32. The largest absolute Gasteiger partial charge is 0.379 e. The third-order valence-electron chi connectivity index (χ3n) is 4.22. The molecule has 120 valence electrons. The molecule has 1 N–H and O–H groups in total. The zero-order valence-electron chi connectivity index (χ0n) is 13.2. The van der Waals surface area contributed by atoms with Crippen molar-refractivity contribution in [1.29, 1.82) is 0 Å². The molecule has 1 fully saturated rings. The van der Waals surface area contributed by atoms with Gasteiger partial charge in [0, 0.05) is 38.3 Å². The lowest BCUT2D eigenvalue weighted by molar-refractivity contribution is -0.0158. The van der Waals surface area contributed by atoms with E-state index in [0.29, 0.717) is 19.6 Å². The van der Waals surface area contributed by atoms with Crippen LogP contribution in [0.4, 0.5) is 0 Å². The SMILES string of the molecule is CCN(CC)S(=O)(=O)NC[C@@](C)(CC)N1CCOCC1. The van der Waals surface area contributed by atoms with Crippen LogP contribution in [0.1, 0.15) is 34.1 Å². The van der Waals surface area contributed by atoms with Crippen molar-refractivity contribution in [2.24, 2.45) is 0 Å². The van der Waals surface area contributed by atoms with Gasteiger partial charge in [0.15, 0.2) is 0 Å². The Morgan fingerprint density at radius 3 is 2.20 bits per heavy atom. The molecule has 1 heterocycles. The minimum absolute atomic E-state index is 0.163. The number of hydrogen-bond donors (Lipinski definition) is 1. The number of ether oxygens (including phenoxy) is 1. The maximum Gasteiger partial charge on any atom is 0.279 e. The molecule has 6 nitrogen and oxygen atoms in total.